The van der Waals surface area contributed by atoms with Crippen LogP contribution in [0.3, 0.4) is 0 Å². The summed E-state index contributed by atoms with van der Waals surface area (Å²) in [6, 6.07) is 24.3. The molecule has 2 N–H and O–H groups in total. The van der Waals surface area contributed by atoms with Crippen LogP contribution < -0.4 is 15.5 Å². The van der Waals surface area contributed by atoms with E-state index in [2.05, 4.69) is 10.6 Å². The topological polar surface area (TPSA) is 61.4 Å². The Labute approximate surface area is 186 Å². The van der Waals surface area contributed by atoms with Gasteiger partial charge in [-0.15, -0.1) is 11.8 Å². The Kier molecular flexibility index (Phi) is 6.57. The monoisotopic (exact) mass is 431 g/mol. The molecular formula is C25H25N3O2S. The summed E-state index contributed by atoms with van der Waals surface area (Å²) in [5.41, 5.74) is 3.79. The second-order valence-electron chi connectivity index (χ2n) is 7.44. The molecule has 5 nitrogen and oxygen atoms in total. The van der Waals surface area contributed by atoms with E-state index in [9.17, 15) is 9.59 Å². The highest BCUT2D eigenvalue weighted by atomic mass is 32.2. The molecule has 1 aliphatic heterocycles. The van der Waals surface area contributed by atoms with Gasteiger partial charge in [0, 0.05) is 29.2 Å². The van der Waals surface area contributed by atoms with Crippen LogP contribution in [0.2, 0.25) is 0 Å². The molecule has 3 aromatic rings. The quantitative estimate of drug-likeness (QED) is 0.555. The third-order valence-electron chi connectivity index (χ3n) is 5.37. The number of amides is 3. The van der Waals surface area contributed by atoms with Gasteiger partial charge in [-0.05, 0) is 48.1 Å². The largest absolute Gasteiger partial charge is 0.326 e. The van der Waals surface area contributed by atoms with E-state index in [4.69, 9.17) is 0 Å². The second-order valence-corrected chi connectivity index (χ2v) is 8.32. The molecule has 0 saturated heterocycles. The van der Waals surface area contributed by atoms with Crippen LogP contribution in [-0.2, 0) is 17.6 Å². The number of nitrogens with zero attached hydrogens (tertiary/aromatic N) is 1. The third kappa shape index (κ3) is 5.09. The number of para-hydroxylation sites is 1. The lowest BCUT2D eigenvalue weighted by Crippen LogP contribution is -2.50. The molecule has 0 aromatic heterocycles. The molecular weight excluding hydrogens is 406 g/mol. The maximum Gasteiger partial charge on any atom is 0.319 e. The number of carbonyl (C=O) groups is 2. The van der Waals surface area contributed by atoms with Crippen molar-refractivity contribution in [2.75, 3.05) is 23.0 Å². The van der Waals surface area contributed by atoms with E-state index in [1.165, 1.54) is 0 Å². The van der Waals surface area contributed by atoms with Gasteiger partial charge in [0.25, 0.3) is 0 Å². The number of hydrogen-bond acceptors (Lipinski definition) is 3. The highest BCUT2D eigenvalue weighted by Crippen LogP contribution is 2.28. The maximum absolute atomic E-state index is 13.5. The lowest BCUT2D eigenvalue weighted by molar-refractivity contribution is -0.120. The number of fused-ring (bicyclic) bond motifs is 1. The number of thioether (sulfide) groups is 1. The number of nitrogens with one attached hydrogen (secondary N) is 2. The number of anilines is 2. The fraction of sp³-hybridized carbons (Fsp3) is 0.200. The fourth-order valence-electron chi connectivity index (χ4n) is 3.83. The van der Waals surface area contributed by atoms with Crippen LogP contribution in [0.25, 0.3) is 0 Å². The van der Waals surface area contributed by atoms with Crippen LogP contribution in [0, 0.1) is 0 Å². The first kappa shape index (κ1) is 21.0. The number of rotatable bonds is 6. The number of urea groups is 1. The Balaban J connectivity index is 1.53. The molecule has 6 heteroatoms. The van der Waals surface area contributed by atoms with Gasteiger partial charge in [-0.2, -0.15) is 0 Å². The molecule has 3 amide bonds. The minimum atomic E-state index is -0.669. The van der Waals surface area contributed by atoms with E-state index in [1.807, 2.05) is 85.1 Å². The third-order valence-corrected chi connectivity index (χ3v) is 6.09. The zero-order chi connectivity index (χ0) is 21.6. The van der Waals surface area contributed by atoms with Crippen molar-refractivity contribution >= 4 is 35.1 Å². The van der Waals surface area contributed by atoms with Gasteiger partial charge in [0.1, 0.15) is 6.04 Å². The lowest BCUT2D eigenvalue weighted by atomic mass is 10.0. The van der Waals surface area contributed by atoms with Gasteiger partial charge in [-0.1, -0.05) is 54.6 Å². The van der Waals surface area contributed by atoms with Gasteiger partial charge in [0.15, 0.2) is 0 Å². The summed E-state index contributed by atoms with van der Waals surface area (Å²) >= 11 is 1.61. The average molecular weight is 432 g/mol. The van der Waals surface area contributed by atoms with Crippen molar-refractivity contribution in [3.05, 3.63) is 90.0 Å². The fourth-order valence-corrected chi connectivity index (χ4v) is 4.29. The van der Waals surface area contributed by atoms with Crippen molar-refractivity contribution in [3.8, 4) is 0 Å². The van der Waals surface area contributed by atoms with Crippen molar-refractivity contribution in [1.82, 2.24) is 5.32 Å². The number of benzene rings is 3. The van der Waals surface area contributed by atoms with Crippen LogP contribution in [0.15, 0.2) is 83.8 Å². The summed E-state index contributed by atoms with van der Waals surface area (Å²) in [6.45, 7) is 0.628. The molecule has 4 rings (SSSR count). The van der Waals surface area contributed by atoms with Crippen molar-refractivity contribution in [2.24, 2.45) is 0 Å². The molecule has 0 fully saturated rings. The Morgan fingerprint density at radius 1 is 1.00 bits per heavy atom. The minimum absolute atomic E-state index is 0.0955. The first-order valence-electron chi connectivity index (χ1n) is 10.3. The van der Waals surface area contributed by atoms with Crippen molar-refractivity contribution in [1.29, 1.82) is 0 Å². The first-order valence-corrected chi connectivity index (χ1v) is 11.5. The van der Waals surface area contributed by atoms with Crippen LogP contribution in [-0.4, -0.2) is 30.8 Å². The smallest absolute Gasteiger partial charge is 0.319 e. The molecule has 0 radical (unpaired) electrons. The molecule has 31 heavy (non-hydrogen) atoms. The molecule has 0 saturated carbocycles. The van der Waals surface area contributed by atoms with Crippen molar-refractivity contribution in [2.45, 2.75) is 23.8 Å². The van der Waals surface area contributed by atoms with Crippen LogP contribution in [0.4, 0.5) is 16.2 Å². The lowest BCUT2D eigenvalue weighted by Gasteiger charge is -2.25. The maximum atomic E-state index is 13.5. The highest BCUT2D eigenvalue weighted by molar-refractivity contribution is 7.98. The van der Waals surface area contributed by atoms with E-state index in [1.54, 1.807) is 16.7 Å². The van der Waals surface area contributed by atoms with E-state index >= 15 is 0 Å². The highest BCUT2D eigenvalue weighted by Gasteiger charge is 2.31. The van der Waals surface area contributed by atoms with E-state index in [-0.39, 0.29) is 11.9 Å². The van der Waals surface area contributed by atoms with E-state index in [0.29, 0.717) is 18.7 Å². The number of carbonyl (C=O) groups excluding carboxylic acids is 2. The average Bonchev–Trinajstić information content (AvgIpc) is 3.23. The molecule has 0 unspecified atom stereocenters. The second kappa shape index (κ2) is 9.71. The van der Waals surface area contributed by atoms with Crippen molar-refractivity contribution in [3.63, 3.8) is 0 Å². The van der Waals surface area contributed by atoms with Crippen LogP contribution in [0.1, 0.15) is 11.1 Å². The summed E-state index contributed by atoms with van der Waals surface area (Å²) in [6.07, 6.45) is 3.24. The molecule has 158 valence electrons. The van der Waals surface area contributed by atoms with Gasteiger partial charge in [0.2, 0.25) is 5.91 Å². The number of hydrogen-bond donors (Lipinski definition) is 2. The zero-order valence-electron chi connectivity index (χ0n) is 17.4. The zero-order valence-corrected chi connectivity index (χ0v) is 18.2. The van der Waals surface area contributed by atoms with Gasteiger partial charge in [0.05, 0.1) is 0 Å². The standard InChI is InChI=1S/C25H25N3O2S/c1-31-21-12-7-11-20(17-21)26-25(30)27-22(16-18-8-3-2-4-9-18)24(29)28-15-14-19-10-5-6-13-23(19)28/h2-13,17,22H,14-16H2,1H3,(H2,26,27,30)/t22-/m0/s1. The van der Waals surface area contributed by atoms with Gasteiger partial charge in [-0.3, -0.25) is 4.79 Å². The molecule has 1 atom stereocenters. The van der Waals surface area contributed by atoms with E-state index in [0.717, 1.165) is 28.1 Å². The van der Waals surface area contributed by atoms with Crippen molar-refractivity contribution < 1.29 is 9.59 Å². The predicted octanol–water partition coefficient (Wildman–Crippen LogP) is 4.73. The Bertz CT molecular complexity index is 1070. The Morgan fingerprint density at radius 3 is 2.58 bits per heavy atom. The summed E-state index contributed by atoms with van der Waals surface area (Å²) < 4.78 is 0. The SMILES string of the molecule is CSc1cccc(NC(=O)N[C@@H](Cc2ccccc2)C(=O)N2CCc3ccccc32)c1. The normalized spacial score (nSPS) is 13.4. The molecule has 1 aliphatic rings. The molecule has 0 spiro atoms. The van der Waals surface area contributed by atoms with Crippen LogP contribution in [0.5, 0.6) is 0 Å². The molecule has 0 aliphatic carbocycles. The molecule has 3 aromatic carbocycles. The Morgan fingerprint density at radius 2 is 1.77 bits per heavy atom. The van der Waals surface area contributed by atoms with Gasteiger partial charge < -0.3 is 15.5 Å². The van der Waals surface area contributed by atoms with Gasteiger partial charge in [-0.25, -0.2) is 4.79 Å². The first-order chi connectivity index (χ1) is 15.1. The summed E-state index contributed by atoms with van der Waals surface area (Å²) in [7, 11) is 0. The summed E-state index contributed by atoms with van der Waals surface area (Å²) in [4.78, 5) is 29.1. The predicted molar refractivity (Wildman–Crippen MR) is 127 cm³/mol. The summed E-state index contributed by atoms with van der Waals surface area (Å²) in [5.74, 6) is -0.0955. The van der Waals surface area contributed by atoms with E-state index < -0.39 is 6.04 Å². The van der Waals surface area contributed by atoms with Crippen LogP contribution >= 0.6 is 11.8 Å². The van der Waals surface area contributed by atoms with Gasteiger partial charge >= 0.3 is 6.03 Å². The molecule has 1 heterocycles. The summed E-state index contributed by atoms with van der Waals surface area (Å²) in [5, 5.41) is 5.77. The molecule has 0 bridgehead atoms. The minimum Gasteiger partial charge on any atom is -0.326 e. The Hall–Kier alpha value is -3.25.